The Kier molecular flexibility index (Phi) is 9.77. The maximum absolute atomic E-state index is 14.5. The minimum atomic E-state index is -3.49. The fourth-order valence-corrected chi connectivity index (χ4v) is 10.5. The van der Waals surface area contributed by atoms with E-state index in [9.17, 15) is 13.8 Å². The van der Waals surface area contributed by atoms with Gasteiger partial charge in [0.1, 0.15) is 15.7 Å². The van der Waals surface area contributed by atoms with E-state index >= 15 is 0 Å². The van der Waals surface area contributed by atoms with Gasteiger partial charge in [0.15, 0.2) is 0 Å². The minimum absolute atomic E-state index is 0.0268. The lowest BCUT2D eigenvalue weighted by Gasteiger charge is -2.46. The van der Waals surface area contributed by atoms with Crippen molar-refractivity contribution in [1.82, 2.24) is 10.0 Å². The molecule has 2 aliphatic heterocycles. The van der Waals surface area contributed by atoms with E-state index in [1.54, 1.807) is 20.3 Å². The van der Waals surface area contributed by atoms with Gasteiger partial charge in [-0.2, -0.15) is 0 Å². The van der Waals surface area contributed by atoms with Gasteiger partial charge in [-0.3, -0.25) is 9.52 Å². The van der Waals surface area contributed by atoms with Gasteiger partial charge in [0, 0.05) is 38.3 Å². The largest absolute Gasteiger partial charge is 0.490 e. The van der Waals surface area contributed by atoms with Crippen LogP contribution < -0.4 is 19.7 Å². The predicted octanol–water partition coefficient (Wildman–Crippen LogP) is 6.11. The second-order valence-corrected chi connectivity index (χ2v) is 17.6. The molecule has 50 heavy (non-hydrogen) atoms. The number of fused-ring (bicyclic) bond motifs is 4. The number of nitrogens with zero attached hydrogens (tertiary/aromatic N) is 2. The average molecular weight is 705 g/mol. The van der Waals surface area contributed by atoms with Crippen LogP contribution in [0.15, 0.2) is 52.9 Å². The van der Waals surface area contributed by atoms with Crippen molar-refractivity contribution in [3.8, 4) is 5.75 Å². The van der Waals surface area contributed by atoms with Crippen molar-refractivity contribution in [1.29, 1.82) is 0 Å². The van der Waals surface area contributed by atoms with Crippen molar-refractivity contribution in [2.75, 3.05) is 51.2 Å². The Bertz CT molecular complexity index is 1780. The molecule has 5 aliphatic rings. The molecular weight excluding hydrogens is 653 g/mol. The summed E-state index contributed by atoms with van der Waals surface area (Å²) in [6, 6.07) is 11.6. The Balaban J connectivity index is 1.27. The molecule has 0 radical (unpaired) electrons. The van der Waals surface area contributed by atoms with Gasteiger partial charge in [-0.25, -0.2) is 9.00 Å². The lowest BCUT2D eigenvalue weighted by Crippen LogP contribution is -2.49. The monoisotopic (exact) mass is 704 g/mol. The number of amides is 3. The number of anilines is 1. The molecule has 2 fully saturated rings. The molecule has 7 rings (SSSR count). The Morgan fingerprint density at radius 1 is 1.14 bits per heavy atom. The molecule has 2 saturated carbocycles. The average Bonchev–Trinajstić information content (AvgIpc) is 3.84. The van der Waals surface area contributed by atoms with Crippen molar-refractivity contribution in [3.05, 3.63) is 70.8 Å². The standard InChI is InChI=1S/C39H52N4O6S/c1-26-10-14-32-28(19-26)8-6-16-38(32)23-43-21-30-11-13-31(30)34(48-4)9-5-7-27(2)22-50(46,42-37(45)40-39(17-18-39)25-47-3)41-36(44)29-12-15-35(49-24-38)33(43)20-29/h5,9-10,12,14-15,19-20,27,30-31,34H,6-8,11,13,16-18,21-25H2,1-4H3,(H2,40,41,42,44,45,46)/b9-5+/t27-,30-,31+,34-,38-,50?/m0/s1. The fourth-order valence-electron chi connectivity index (χ4n) is 8.67. The van der Waals surface area contributed by atoms with Crippen molar-refractivity contribution in [2.24, 2.45) is 22.1 Å². The first kappa shape index (κ1) is 35.0. The van der Waals surface area contributed by atoms with E-state index in [0.29, 0.717) is 37.0 Å². The number of hydrogen-bond donors (Lipinski definition) is 2. The number of hydrogen-bond acceptors (Lipinski definition) is 7. The second-order valence-electron chi connectivity index (χ2n) is 15.6. The number of methoxy groups -OCH3 is 2. The van der Waals surface area contributed by atoms with Crippen LogP contribution in [0.2, 0.25) is 0 Å². The van der Waals surface area contributed by atoms with Gasteiger partial charge in [-0.05, 0) is 105 Å². The number of ether oxygens (including phenoxy) is 3. The molecule has 270 valence electrons. The molecule has 2 aromatic rings. The fraction of sp³-hybridized carbons (Fsp3) is 0.590. The topological polar surface area (TPSA) is 119 Å². The van der Waals surface area contributed by atoms with Gasteiger partial charge >= 0.3 is 6.03 Å². The molecule has 2 bridgehead atoms. The molecule has 2 N–H and O–H groups in total. The third kappa shape index (κ3) is 7.19. The summed E-state index contributed by atoms with van der Waals surface area (Å²) in [5.74, 6) is 0.792. The number of allylic oxidation sites excluding steroid dienone is 1. The van der Waals surface area contributed by atoms with Crippen LogP contribution in [0.25, 0.3) is 0 Å². The van der Waals surface area contributed by atoms with Crippen LogP contribution in [0.3, 0.4) is 0 Å². The van der Waals surface area contributed by atoms with Gasteiger partial charge in [0.2, 0.25) is 0 Å². The SMILES string of the molecule is COCC1(NC(=O)NS2(=O)=NC(=O)c3ccc4c(c3)N(C[C@@H]3CC[C@H]3[C@@H](OC)/C=C/C[C@H](C)C2)C[C@@]2(CCCc3cc(C)ccc32)CO4)CC1. The molecule has 3 aliphatic carbocycles. The van der Waals surface area contributed by atoms with Crippen LogP contribution in [0.1, 0.15) is 78.9 Å². The Labute approximate surface area is 297 Å². The first-order valence-corrected chi connectivity index (χ1v) is 19.9. The predicted molar refractivity (Wildman–Crippen MR) is 195 cm³/mol. The van der Waals surface area contributed by atoms with E-state index in [-0.39, 0.29) is 23.2 Å². The van der Waals surface area contributed by atoms with Gasteiger partial charge in [-0.15, -0.1) is 4.36 Å². The number of urea groups is 1. The van der Waals surface area contributed by atoms with Gasteiger partial charge in [-0.1, -0.05) is 42.8 Å². The highest BCUT2D eigenvalue weighted by molar-refractivity contribution is 7.92. The Morgan fingerprint density at radius 2 is 1.98 bits per heavy atom. The normalized spacial score (nSPS) is 32.2. The minimum Gasteiger partial charge on any atom is -0.490 e. The van der Waals surface area contributed by atoms with E-state index in [1.165, 1.54) is 16.7 Å². The molecule has 11 heteroatoms. The quantitative estimate of drug-likeness (QED) is 0.361. The van der Waals surface area contributed by atoms with E-state index in [1.807, 2.05) is 19.1 Å². The Morgan fingerprint density at radius 3 is 2.72 bits per heavy atom. The zero-order chi connectivity index (χ0) is 35.1. The molecule has 2 heterocycles. The molecule has 10 nitrogen and oxygen atoms in total. The van der Waals surface area contributed by atoms with Crippen LogP contribution in [0.5, 0.6) is 5.75 Å². The smallest absolute Gasteiger partial charge is 0.327 e. The van der Waals surface area contributed by atoms with Gasteiger partial charge in [0.05, 0.1) is 36.3 Å². The van der Waals surface area contributed by atoms with Crippen LogP contribution in [0.4, 0.5) is 10.5 Å². The van der Waals surface area contributed by atoms with E-state index in [4.69, 9.17) is 14.2 Å². The summed E-state index contributed by atoms with van der Waals surface area (Å²) in [6.07, 6.45) is 11.7. The van der Waals surface area contributed by atoms with E-state index in [2.05, 4.69) is 56.6 Å². The zero-order valence-electron chi connectivity index (χ0n) is 29.9. The highest BCUT2D eigenvalue weighted by Crippen LogP contribution is 2.47. The number of rotatable bonds is 5. The third-order valence-corrected chi connectivity index (χ3v) is 13.6. The van der Waals surface area contributed by atoms with E-state index in [0.717, 1.165) is 69.5 Å². The highest BCUT2D eigenvalue weighted by Gasteiger charge is 2.46. The van der Waals surface area contributed by atoms with Crippen LogP contribution >= 0.6 is 0 Å². The highest BCUT2D eigenvalue weighted by atomic mass is 32.2. The molecule has 0 saturated heterocycles. The molecule has 3 amide bonds. The molecule has 2 aromatic carbocycles. The van der Waals surface area contributed by atoms with Gasteiger partial charge < -0.3 is 24.4 Å². The van der Waals surface area contributed by atoms with Crippen molar-refractivity contribution >= 4 is 27.5 Å². The maximum Gasteiger partial charge on any atom is 0.327 e. The molecule has 1 spiro atoms. The summed E-state index contributed by atoms with van der Waals surface area (Å²) in [6.45, 7) is 6.61. The number of carbonyl (C=O) groups is 2. The van der Waals surface area contributed by atoms with Crippen molar-refractivity contribution in [3.63, 3.8) is 0 Å². The first-order valence-electron chi connectivity index (χ1n) is 18.2. The second kappa shape index (κ2) is 14.0. The van der Waals surface area contributed by atoms with Crippen LogP contribution in [-0.4, -0.2) is 74.1 Å². The third-order valence-electron chi connectivity index (χ3n) is 11.6. The first-order chi connectivity index (χ1) is 24.0. The number of nitrogens with one attached hydrogen (secondary N) is 2. The van der Waals surface area contributed by atoms with Crippen LogP contribution in [-0.2, 0) is 31.2 Å². The molecule has 6 atom stereocenters. The maximum atomic E-state index is 14.5. The zero-order valence-corrected chi connectivity index (χ0v) is 30.7. The molecule has 0 aromatic heterocycles. The number of carbonyl (C=O) groups excluding carboxylic acids is 2. The summed E-state index contributed by atoms with van der Waals surface area (Å²) >= 11 is 0. The molecule has 1 unspecified atom stereocenters. The summed E-state index contributed by atoms with van der Waals surface area (Å²) in [4.78, 5) is 29.6. The van der Waals surface area contributed by atoms with Gasteiger partial charge in [0.25, 0.3) is 5.91 Å². The Hall–Kier alpha value is -3.41. The van der Waals surface area contributed by atoms with E-state index < -0.39 is 27.4 Å². The summed E-state index contributed by atoms with van der Waals surface area (Å²) < 4.78 is 39.4. The summed E-state index contributed by atoms with van der Waals surface area (Å²) in [7, 11) is -0.123. The van der Waals surface area contributed by atoms with Crippen LogP contribution in [0, 0.1) is 24.7 Å². The summed E-state index contributed by atoms with van der Waals surface area (Å²) in [5.41, 5.74) is 4.53. The lowest BCUT2D eigenvalue weighted by atomic mass is 9.68. The number of aryl methyl sites for hydroxylation is 2. The number of benzene rings is 2. The van der Waals surface area contributed by atoms with Crippen molar-refractivity contribution < 1.29 is 28.0 Å². The summed E-state index contributed by atoms with van der Waals surface area (Å²) in [5, 5.41) is 2.92. The van der Waals surface area contributed by atoms with Crippen molar-refractivity contribution in [2.45, 2.75) is 82.3 Å². The molecular formula is C39H52N4O6S. The lowest BCUT2D eigenvalue weighted by molar-refractivity contribution is 0.0131.